The number of nitrogens with zero attached hydrogens (tertiary/aromatic N) is 4. The van der Waals surface area contributed by atoms with Crippen LogP contribution in [0.3, 0.4) is 0 Å². The fourth-order valence-corrected chi connectivity index (χ4v) is 4.85. The highest BCUT2D eigenvalue weighted by Crippen LogP contribution is 2.38. The fourth-order valence-electron chi connectivity index (χ4n) is 4.85. The predicted octanol–water partition coefficient (Wildman–Crippen LogP) is 5.58. The van der Waals surface area contributed by atoms with Crippen LogP contribution in [0.4, 0.5) is 18.9 Å². The topological polar surface area (TPSA) is 83.2 Å². The summed E-state index contributed by atoms with van der Waals surface area (Å²) in [6, 6.07) is 16.3. The molecule has 1 saturated heterocycles. The van der Waals surface area contributed by atoms with E-state index in [1.165, 1.54) is 37.1 Å². The predicted molar refractivity (Wildman–Crippen MR) is 135 cm³/mol. The smallest absolute Gasteiger partial charge is 0.379 e. The SMILES string of the molecule is N#Cc1cccc(-n2nc(C(F)(F)F)cc2C(=O)Nc2cccc(C(CCC3CC3)N3CCOCC3)c2)c1. The number of rotatable bonds is 8. The highest BCUT2D eigenvalue weighted by molar-refractivity contribution is 6.03. The molecular weight excluding hydrogens is 495 g/mol. The number of nitrogens with one attached hydrogen (secondary N) is 1. The second-order valence-corrected chi connectivity index (χ2v) is 9.75. The summed E-state index contributed by atoms with van der Waals surface area (Å²) >= 11 is 0. The van der Waals surface area contributed by atoms with E-state index in [1.54, 1.807) is 6.07 Å². The number of amides is 1. The van der Waals surface area contributed by atoms with Crippen LogP contribution in [0.25, 0.3) is 5.69 Å². The van der Waals surface area contributed by atoms with Crippen molar-refractivity contribution in [3.8, 4) is 11.8 Å². The van der Waals surface area contributed by atoms with Gasteiger partial charge in [0.2, 0.25) is 0 Å². The standard InChI is InChI=1S/C28H28F3N5O2/c29-28(30,31)26-17-25(36(34-26)23-6-1-3-20(15-23)18-32)27(37)33-22-5-2-4-21(16-22)24(10-9-19-7-8-19)35-11-13-38-14-12-35/h1-6,15-17,19,24H,7-14H2,(H,33,37). The minimum Gasteiger partial charge on any atom is -0.379 e. The molecule has 1 unspecified atom stereocenters. The molecule has 1 N–H and O–H groups in total. The number of morpholine rings is 1. The lowest BCUT2D eigenvalue weighted by molar-refractivity contribution is -0.141. The Balaban J connectivity index is 1.42. The van der Waals surface area contributed by atoms with Crippen LogP contribution in [0.15, 0.2) is 54.6 Å². The molecule has 1 atom stereocenters. The highest BCUT2D eigenvalue weighted by atomic mass is 19.4. The molecule has 5 rings (SSSR count). The quantitative estimate of drug-likeness (QED) is 0.417. The van der Waals surface area contributed by atoms with Gasteiger partial charge in [0.25, 0.3) is 5.91 Å². The molecule has 198 valence electrons. The number of ether oxygens (including phenoxy) is 1. The van der Waals surface area contributed by atoms with Gasteiger partial charge in [-0.05, 0) is 54.7 Å². The van der Waals surface area contributed by atoms with Crippen molar-refractivity contribution in [2.45, 2.75) is 37.9 Å². The van der Waals surface area contributed by atoms with E-state index in [0.717, 1.165) is 48.2 Å². The van der Waals surface area contributed by atoms with Gasteiger partial charge in [-0.2, -0.15) is 23.5 Å². The maximum absolute atomic E-state index is 13.5. The Hall–Kier alpha value is -3.68. The van der Waals surface area contributed by atoms with Crippen LogP contribution in [0, 0.1) is 17.2 Å². The molecule has 1 aliphatic heterocycles. The second kappa shape index (κ2) is 11.0. The van der Waals surface area contributed by atoms with Crippen LogP contribution in [0.2, 0.25) is 0 Å². The molecule has 10 heteroatoms. The van der Waals surface area contributed by atoms with Crippen LogP contribution in [-0.2, 0) is 10.9 Å². The van der Waals surface area contributed by atoms with Crippen molar-refractivity contribution in [3.05, 3.63) is 77.1 Å². The molecule has 2 fully saturated rings. The monoisotopic (exact) mass is 523 g/mol. The molecular formula is C28H28F3N5O2. The van der Waals surface area contributed by atoms with Crippen LogP contribution in [0.1, 0.15) is 59.0 Å². The maximum atomic E-state index is 13.5. The lowest BCUT2D eigenvalue weighted by Gasteiger charge is -2.35. The Morgan fingerprint density at radius 2 is 1.89 bits per heavy atom. The first-order chi connectivity index (χ1) is 18.3. The lowest BCUT2D eigenvalue weighted by Crippen LogP contribution is -2.39. The van der Waals surface area contributed by atoms with Crippen molar-refractivity contribution >= 4 is 11.6 Å². The van der Waals surface area contributed by atoms with Gasteiger partial charge in [-0.25, -0.2) is 4.68 Å². The van der Waals surface area contributed by atoms with E-state index in [4.69, 9.17) is 4.74 Å². The number of carbonyl (C=O) groups excluding carboxylic acids is 1. The molecule has 3 aromatic rings. The molecule has 0 radical (unpaired) electrons. The first-order valence-electron chi connectivity index (χ1n) is 12.7. The van der Waals surface area contributed by atoms with E-state index in [9.17, 15) is 23.2 Å². The van der Waals surface area contributed by atoms with Gasteiger partial charge in [0.15, 0.2) is 5.69 Å². The van der Waals surface area contributed by atoms with Crippen molar-refractivity contribution in [2.75, 3.05) is 31.6 Å². The van der Waals surface area contributed by atoms with E-state index in [-0.39, 0.29) is 23.0 Å². The van der Waals surface area contributed by atoms with Gasteiger partial charge in [0.1, 0.15) is 5.69 Å². The maximum Gasteiger partial charge on any atom is 0.435 e. The summed E-state index contributed by atoms with van der Waals surface area (Å²) in [6.07, 6.45) is -0.0492. The molecule has 1 amide bonds. The molecule has 2 aliphatic rings. The molecule has 0 bridgehead atoms. The highest BCUT2D eigenvalue weighted by Gasteiger charge is 2.36. The Kier molecular flexibility index (Phi) is 7.49. The van der Waals surface area contributed by atoms with E-state index >= 15 is 0 Å². The second-order valence-electron chi connectivity index (χ2n) is 9.75. The first kappa shape index (κ1) is 25.9. The van der Waals surface area contributed by atoms with Crippen molar-refractivity contribution in [1.82, 2.24) is 14.7 Å². The average molecular weight is 524 g/mol. The number of alkyl halides is 3. The number of anilines is 1. The number of aromatic nitrogens is 2. The summed E-state index contributed by atoms with van der Waals surface area (Å²) in [5.74, 6) is 0.0532. The largest absolute Gasteiger partial charge is 0.435 e. The normalized spacial score (nSPS) is 17.1. The minimum atomic E-state index is -4.74. The summed E-state index contributed by atoms with van der Waals surface area (Å²) in [4.78, 5) is 15.7. The fraction of sp³-hybridized carbons (Fsp3) is 0.393. The lowest BCUT2D eigenvalue weighted by atomic mass is 9.97. The number of benzene rings is 2. The van der Waals surface area contributed by atoms with Crippen molar-refractivity contribution in [2.24, 2.45) is 5.92 Å². The van der Waals surface area contributed by atoms with Crippen LogP contribution in [0.5, 0.6) is 0 Å². The first-order valence-corrected chi connectivity index (χ1v) is 12.7. The number of halogens is 3. The molecule has 1 aliphatic carbocycles. The number of hydrogen-bond acceptors (Lipinski definition) is 5. The Bertz CT molecular complexity index is 1340. The number of nitriles is 1. The minimum absolute atomic E-state index is 0.174. The Morgan fingerprint density at radius 1 is 1.13 bits per heavy atom. The summed E-state index contributed by atoms with van der Waals surface area (Å²) in [6.45, 7) is 3.00. The number of carbonyl (C=O) groups is 1. The van der Waals surface area contributed by atoms with E-state index in [2.05, 4.69) is 15.3 Å². The van der Waals surface area contributed by atoms with Crippen molar-refractivity contribution < 1.29 is 22.7 Å². The van der Waals surface area contributed by atoms with Gasteiger partial charge in [0.05, 0.1) is 30.5 Å². The van der Waals surface area contributed by atoms with Gasteiger partial charge in [-0.15, -0.1) is 0 Å². The van der Waals surface area contributed by atoms with Crippen LogP contribution in [-0.4, -0.2) is 46.9 Å². The summed E-state index contributed by atoms with van der Waals surface area (Å²) < 4.78 is 47.0. The number of hydrogen-bond donors (Lipinski definition) is 1. The third-order valence-electron chi connectivity index (χ3n) is 7.01. The van der Waals surface area contributed by atoms with Crippen LogP contribution < -0.4 is 5.32 Å². The van der Waals surface area contributed by atoms with E-state index in [1.807, 2.05) is 24.3 Å². The average Bonchev–Trinajstić information content (AvgIpc) is 3.63. The Labute approximate surface area is 218 Å². The third kappa shape index (κ3) is 6.06. The van der Waals surface area contributed by atoms with Gasteiger partial charge in [0, 0.05) is 30.9 Å². The van der Waals surface area contributed by atoms with Gasteiger partial charge >= 0.3 is 6.18 Å². The third-order valence-corrected chi connectivity index (χ3v) is 7.01. The summed E-state index contributed by atoms with van der Waals surface area (Å²) in [5, 5.41) is 15.6. The van der Waals surface area contributed by atoms with Crippen molar-refractivity contribution in [3.63, 3.8) is 0 Å². The molecule has 7 nitrogen and oxygen atoms in total. The molecule has 1 saturated carbocycles. The van der Waals surface area contributed by atoms with Gasteiger partial charge in [-0.1, -0.05) is 31.0 Å². The van der Waals surface area contributed by atoms with Crippen LogP contribution >= 0.6 is 0 Å². The summed E-state index contributed by atoms with van der Waals surface area (Å²) in [7, 11) is 0. The molecule has 2 aromatic carbocycles. The molecule has 1 aromatic heterocycles. The van der Waals surface area contributed by atoms with Gasteiger partial charge < -0.3 is 10.1 Å². The zero-order valence-corrected chi connectivity index (χ0v) is 20.7. The van der Waals surface area contributed by atoms with Crippen molar-refractivity contribution in [1.29, 1.82) is 5.26 Å². The summed E-state index contributed by atoms with van der Waals surface area (Å²) in [5.41, 5.74) is 0.500. The zero-order chi connectivity index (χ0) is 26.7. The zero-order valence-electron chi connectivity index (χ0n) is 20.7. The van der Waals surface area contributed by atoms with Gasteiger partial charge in [-0.3, -0.25) is 9.69 Å². The van der Waals surface area contributed by atoms with E-state index < -0.39 is 17.8 Å². The molecule has 0 spiro atoms. The molecule has 38 heavy (non-hydrogen) atoms. The molecule has 2 heterocycles. The Morgan fingerprint density at radius 3 is 2.61 bits per heavy atom. The van der Waals surface area contributed by atoms with E-state index in [0.29, 0.717) is 18.9 Å².